The molecule has 0 aliphatic carbocycles. The summed E-state index contributed by atoms with van der Waals surface area (Å²) in [5.41, 5.74) is 5.26. The van der Waals surface area contributed by atoms with Crippen LogP contribution in [0, 0.1) is 0 Å². The summed E-state index contributed by atoms with van der Waals surface area (Å²) < 4.78 is 1.08. The number of carbonyl (C=O) groups excluding carboxylic acids is 1. The van der Waals surface area contributed by atoms with Crippen LogP contribution in [0.15, 0.2) is 10.3 Å². The molecule has 0 saturated heterocycles. The van der Waals surface area contributed by atoms with E-state index in [-0.39, 0.29) is 10.3 Å². The zero-order chi connectivity index (χ0) is 11.9. The first-order valence-electron chi connectivity index (χ1n) is 4.13. The van der Waals surface area contributed by atoms with Gasteiger partial charge in [0.15, 0.2) is 17.0 Å². The van der Waals surface area contributed by atoms with Gasteiger partial charge >= 0.3 is 5.56 Å². The monoisotopic (exact) mass is 241 g/mol. The van der Waals surface area contributed by atoms with Crippen LogP contribution < -0.4 is 16.1 Å². The fourth-order valence-corrected chi connectivity index (χ4v) is 2.06. The second kappa shape index (κ2) is 3.49. The third kappa shape index (κ3) is 1.23. The van der Waals surface area contributed by atoms with Gasteiger partial charge in [0.2, 0.25) is 0 Å². The minimum absolute atomic E-state index is 0.153. The molecular formula is C8H7N3O4S. The van der Waals surface area contributed by atoms with E-state index in [9.17, 15) is 14.7 Å². The number of hydrogen-bond acceptors (Lipinski definition) is 6. The molecule has 0 saturated carbocycles. The van der Waals surface area contributed by atoms with Crippen molar-refractivity contribution in [1.82, 2.24) is 9.71 Å². The molecule has 0 unspecified atom stereocenters. The summed E-state index contributed by atoms with van der Waals surface area (Å²) in [4.78, 5) is 31.4. The molecule has 0 fully saturated rings. The first kappa shape index (κ1) is 10.4. The van der Waals surface area contributed by atoms with Crippen molar-refractivity contribution in [3.05, 3.63) is 21.4 Å². The molecule has 0 bridgehead atoms. The molecule has 0 spiro atoms. The number of fused-ring (bicyclic) bond motifs is 1. The van der Waals surface area contributed by atoms with Gasteiger partial charge in [-0.05, 0) is 0 Å². The standard InChI is InChI=1S/C8H7N3O4S/c1-15-11-7-5(16-2-10-7)4(12)3(6(9)13)8(11)14/h2,12H,1H3,(H2,9,13). The number of thiazole rings is 1. The summed E-state index contributed by atoms with van der Waals surface area (Å²) in [6, 6.07) is 0. The Balaban J connectivity index is 3.02. The van der Waals surface area contributed by atoms with E-state index in [2.05, 4.69) is 4.98 Å². The van der Waals surface area contributed by atoms with Crippen LogP contribution in [0.5, 0.6) is 5.75 Å². The predicted molar refractivity (Wildman–Crippen MR) is 56.6 cm³/mol. The minimum Gasteiger partial charge on any atom is -0.505 e. The normalized spacial score (nSPS) is 10.6. The van der Waals surface area contributed by atoms with E-state index in [0.29, 0.717) is 0 Å². The molecule has 84 valence electrons. The van der Waals surface area contributed by atoms with Crippen molar-refractivity contribution in [2.75, 3.05) is 7.11 Å². The number of nitrogens with zero attached hydrogens (tertiary/aromatic N) is 2. The lowest BCUT2D eigenvalue weighted by Gasteiger charge is -2.07. The first-order chi connectivity index (χ1) is 7.57. The molecule has 1 amide bonds. The van der Waals surface area contributed by atoms with Crippen LogP contribution >= 0.6 is 11.3 Å². The predicted octanol–water partition coefficient (Wildman–Crippen LogP) is -0.679. The van der Waals surface area contributed by atoms with Gasteiger partial charge in [-0.3, -0.25) is 9.59 Å². The Morgan fingerprint density at radius 3 is 2.94 bits per heavy atom. The highest BCUT2D eigenvalue weighted by Crippen LogP contribution is 2.28. The van der Waals surface area contributed by atoms with Gasteiger partial charge in [0.25, 0.3) is 5.91 Å². The average Bonchev–Trinajstić information content (AvgIpc) is 2.66. The molecular weight excluding hydrogens is 234 g/mol. The van der Waals surface area contributed by atoms with E-state index in [1.807, 2.05) is 0 Å². The number of hydrogen-bond donors (Lipinski definition) is 2. The Morgan fingerprint density at radius 1 is 1.69 bits per heavy atom. The quantitative estimate of drug-likeness (QED) is 0.724. The number of amides is 1. The van der Waals surface area contributed by atoms with Crippen LogP contribution in [0.2, 0.25) is 0 Å². The molecule has 3 N–H and O–H groups in total. The van der Waals surface area contributed by atoms with Gasteiger partial charge in [-0.1, -0.05) is 0 Å². The van der Waals surface area contributed by atoms with Gasteiger partial charge in [-0.15, -0.1) is 16.1 Å². The van der Waals surface area contributed by atoms with Gasteiger partial charge in [-0.25, -0.2) is 4.98 Å². The molecule has 0 radical (unpaired) electrons. The number of aromatic hydroxyl groups is 1. The minimum atomic E-state index is -1.01. The molecule has 0 aromatic carbocycles. The van der Waals surface area contributed by atoms with Crippen molar-refractivity contribution >= 4 is 27.6 Å². The van der Waals surface area contributed by atoms with E-state index in [0.717, 1.165) is 16.1 Å². The maximum absolute atomic E-state index is 11.7. The number of primary amides is 1. The Kier molecular flexibility index (Phi) is 2.27. The number of carbonyl (C=O) groups is 1. The van der Waals surface area contributed by atoms with Crippen LogP contribution in [0.3, 0.4) is 0 Å². The number of pyridine rings is 1. The molecule has 2 aromatic heterocycles. The van der Waals surface area contributed by atoms with Crippen LogP contribution in [0.4, 0.5) is 0 Å². The molecule has 2 heterocycles. The van der Waals surface area contributed by atoms with Gasteiger partial charge in [0.1, 0.15) is 11.8 Å². The van der Waals surface area contributed by atoms with E-state index in [4.69, 9.17) is 10.6 Å². The van der Waals surface area contributed by atoms with Gasteiger partial charge in [0, 0.05) is 0 Å². The average molecular weight is 241 g/mol. The Morgan fingerprint density at radius 2 is 2.38 bits per heavy atom. The van der Waals surface area contributed by atoms with Gasteiger partial charge in [-0.2, -0.15) is 0 Å². The highest BCUT2D eigenvalue weighted by molar-refractivity contribution is 7.17. The summed E-state index contributed by atoms with van der Waals surface area (Å²) in [5.74, 6) is -1.47. The second-order valence-corrected chi connectivity index (χ2v) is 3.73. The van der Waals surface area contributed by atoms with E-state index < -0.39 is 22.8 Å². The van der Waals surface area contributed by atoms with E-state index in [1.54, 1.807) is 0 Å². The Bertz CT molecular complexity index is 630. The van der Waals surface area contributed by atoms with Gasteiger partial charge < -0.3 is 15.7 Å². The SMILES string of the molecule is COn1c(=O)c(C(N)=O)c(O)c2scnc21. The van der Waals surface area contributed by atoms with Crippen molar-refractivity contribution < 1.29 is 14.7 Å². The number of rotatable bonds is 2. The van der Waals surface area contributed by atoms with Crippen molar-refractivity contribution in [1.29, 1.82) is 0 Å². The third-order valence-electron chi connectivity index (χ3n) is 2.02. The van der Waals surface area contributed by atoms with Crippen molar-refractivity contribution in [3.8, 4) is 5.75 Å². The highest BCUT2D eigenvalue weighted by atomic mass is 32.1. The van der Waals surface area contributed by atoms with Crippen LogP contribution in [0.25, 0.3) is 10.3 Å². The summed E-state index contributed by atoms with van der Waals surface area (Å²) in [6.07, 6.45) is 0. The second-order valence-electron chi connectivity index (χ2n) is 2.88. The lowest BCUT2D eigenvalue weighted by Crippen LogP contribution is -2.32. The van der Waals surface area contributed by atoms with Gasteiger partial charge in [0.05, 0.1) is 5.51 Å². The molecule has 7 nitrogen and oxygen atoms in total. The van der Waals surface area contributed by atoms with Crippen LogP contribution in [-0.4, -0.2) is 27.8 Å². The molecule has 16 heavy (non-hydrogen) atoms. The highest BCUT2D eigenvalue weighted by Gasteiger charge is 2.22. The number of nitrogens with two attached hydrogens (primary N) is 1. The van der Waals surface area contributed by atoms with E-state index >= 15 is 0 Å². The fourth-order valence-electron chi connectivity index (χ4n) is 1.35. The zero-order valence-electron chi connectivity index (χ0n) is 8.13. The topological polar surface area (TPSA) is 107 Å². The largest absolute Gasteiger partial charge is 0.505 e. The lowest BCUT2D eigenvalue weighted by molar-refractivity contribution is 0.0989. The maximum atomic E-state index is 11.7. The van der Waals surface area contributed by atoms with Crippen molar-refractivity contribution in [2.24, 2.45) is 5.73 Å². The van der Waals surface area contributed by atoms with E-state index in [1.165, 1.54) is 12.6 Å². The Hall–Kier alpha value is -2.09. The summed E-state index contributed by atoms with van der Waals surface area (Å²) in [6.45, 7) is 0. The summed E-state index contributed by atoms with van der Waals surface area (Å²) in [5, 5.41) is 9.71. The summed E-state index contributed by atoms with van der Waals surface area (Å²) in [7, 11) is 1.25. The lowest BCUT2D eigenvalue weighted by atomic mass is 10.2. The molecule has 2 aromatic rings. The third-order valence-corrected chi connectivity index (χ3v) is 2.84. The smallest absolute Gasteiger partial charge is 0.301 e. The molecule has 0 aliphatic rings. The first-order valence-corrected chi connectivity index (χ1v) is 5.01. The van der Waals surface area contributed by atoms with Crippen molar-refractivity contribution in [3.63, 3.8) is 0 Å². The molecule has 8 heteroatoms. The molecule has 0 aliphatic heterocycles. The zero-order valence-corrected chi connectivity index (χ0v) is 8.95. The maximum Gasteiger partial charge on any atom is 0.301 e. The van der Waals surface area contributed by atoms with Crippen LogP contribution in [-0.2, 0) is 0 Å². The fraction of sp³-hybridized carbons (Fsp3) is 0.125. The molecule has 0 atom stereocenters. The van der Waals surface area contributed by atoms with Crippen molar-refractivity contribution in [2.45, 2.75) is 0 Å². The molecule has 2 rings (SSSR count). The number of aromatic nitrogens is 2. The summed E-state index contributed by atoms with van der Waals surface area (Å²) >= 11 is 1.08. The Labute approximate surface area is 92.7 Å². The van der Waals surface area contributed by atoms with Crippen LogP contribution in [0.1, 0.15) is 10.4 Å².